The second kappa shape index (κ2) is 23.9. The summed E-state index contributed by atoms with van der Waals surface area (Å²) in [5, 5.41) is 0. The number of allylic oxidation sites excluding steroid dienone is 15. The van der Waals surface area contributed by atoms with Gasteiger partial charge in [-0.25, -0.2) is 0 Å². The van der Waals surface area contributed by atoms with Gasteiger partial charge in [0.05, 0.1) is 0 Å². The number of hydrogen-bond donors (Lipinski definition) is 0. The molecule has 0 saturated heterocycles. The minimum atomic E-state index is 1.20. The van der Waals surface area contributed by atoms with E-state index in [1.165, 1.54) is 70.3 Å². The zero-order valence-corrected chi connectivity index (χ0v) is 17.3. The predicted octanol–water partition coefficient (Wildman–Crippen LogP) is 8.79. The molecule has 0 aliphatic carbocycles. The fourth-order valence-corrected chi connectivity index (χ4v) is 2.52. The molecule has 27 heavy (non-hydrogen) atoms. The smallest absolute Gasteiger partial charge is 0.0348 e. The predicted molar refractivity (Wildman–Crippen MR) is 125 cm³/mol. The molecule has 0 aromatic carbocycles. The van der Waals surface area contributed by atoms with Crippen LogP contribution in [0.1, 0.15) is 71.1 Å². The highest BCUT2D eigenvalue weighted by atomic mass is 14.0. The first-order chi connectivity index (χ1) is 13.4. The van der Waals surface area contributed by atoms with Crippen molar-refractivity contribution >= 4 is 0 Å². The lowest BCUT2D eigenvalue weighted by molar-refractivity contribution is 0.566. The minimum Gasteiger partial charge on any atom is -0.0845 e. The minimum absolute atomic E-state index is 1.20. The van der Waals surface area contributed by atoms with Crippen LogP contribution < -0.4 is 0 Å². The fraction of sp³-hybridized carbons (Fsp3) is 0.407. The molecule has 0 amide bonds. The quantitative estimate of drug-likeness (QED) is 0.179. The summed E-state index contributed by atoms with van der Waals surface area (Å²) in [6.45, 7) is 7.50. The van der Waals surface area contributed by atoms with Crippen molar-refractivity contribution in [2.24, 2.45) is 0 Å². The highest BCUT2D eigenvalue weighted by Gasteiger charge is 1.90. The van der Waals surface area contributed by atoms with Crippen molar-refractivity contribution in [1.82, 2.24) is 0 Å². The number of hydrogen-bond acceptors (Lipinski definition) is 0. The molecule has 0 rings (SSSR count). The maximum atomic E-state index is 5.23. The Hall–Kier alpha value is -2.08. The van der Waals surface area contributed by atoms with Gasteiger partial charge in [-0.2, -0.15) is 0 Å². The van der Waals surface area contributed by atoms with Crippen LogP contribution in [0.15, 0.2) is 91.1 Å². The molecular weight excluding hydrogens is 324 g/mol. The summed E-state index contributed by atoms with van der Waals surface area (Å²) < 4.78 is 0. The molecule has 0 atom stereocenters. The topological polar surface area (TPSA) is 0 Å². The van der Waals surface area contributed by atoms with Crippen LogP contribution >= 0.6 is 0 Å². The Kier molecular flexibility index (Phi) is 22.1. The molecule has 0 spiro atoms. The van der Waals surface area contributed by atoms with Crippen LogP contribution in [0.4, 0.5) is 0 Å². The maximum Gasteiger partial charge on any atom is -0.0348 e. The second-order valence-electron chi connectivity index (χ2n) is 6.55. The van der Waals surface area contributed by atoms with Crippen molar-refractivity contribution in [1.29, 1.82) is 0 Å². The van der Waals surface area contributed by atoms with Gasteiger partial charge in [-0.15, -0.1) is 0 Å². The van der Waals surface area contributed by atoms with Gasteiger partial charge >= 0.3 is 0 Å². The maximum absolute atomic E-state index is 5.23. The van der Waals surface area contributed by atoms with Crippen molar-refractivity contribution in [2.45, 2.75) is 71.1 Å². The van der Waals surface area contributed by atoms with Crippen LogP contribution in [0.5, 0.6) is 0 Å². The molecule has 0 aliphatic rings. The molecular formula is C27H39. The normalized spacial score (nSPS) is 13.2. The van der Waals surface area contributed by atoms with Crippen molar-refractivity contribution in [3.05, 3.63) is 97.7 Å². The number of rotatable bonds is 17. The van der Waals surface area contributed by atoms with Gasteiger partial charge in [0.2, 0.25) is 0 Å². The van der Waals surface area contributed by atoms with Gasteiger partial charge in [0.15, 0.2) is 0 Å². The third-order valence-electron chi connectivity index (χ3n) is 4.05. The molecule has 1 radical (unpaired) electrons. The highest BCUT2D eigenvalue weighted by Crippen LogP contribution is 2.10. The Labute approximate surface area is 169 Å². The van der Waals surface area contributed by atoms with Crippen molar-refractivity contribution in [3.63, 3.8) is 0 Å². The second-order valence-corrected chi connectivity index (χ2v) is 6.55. The van der Waals surface area contributed by atoms with Gasteiger partial charge in [-0.1, -0.05) is 156 Å². The summed E-state index contributed by atoms with van der Waals surface area (Å²) >= 11 is 0. The summed E-state index contributed by atoms with van der Waals surface area (Å²) in [6.07, 6.45) is 43.5. The Bertz CT molecular complexity index is 506. The molecule has 0 heteroatoms. The van der Waals surface area contributed by atoms with Gasteiger partial charge in [0.25, 0.3) is 0 Å². The van der Waals surface area contributed by atoms with E-state index in [1.54, 1.807) is 6.08 Å². The van der Waals surface area contributed by atoms with Crippen molar-refractivity contribution in [3.8, 4) is 0 Å². The first-order valence-corrected chi connectivity index (χ1v) is 10.6. The number of unbranched alkanes of at least 4 members (excludes halogenated alkanes) is 9. The molecule has 147 valence electrons. The van der Waals surface area contributed by atoms with E-state index < -0.39 is 0 Å². The Morgan fingerprint density at radius 2 is 0.815 bits per heavy atom. The van der Waals surface area contributed by atoms with Crippen molar-refractivity contribution < 1.29 is 0 Å². The molecule has 0 bridgehead atoms. The lowest BCUT2D eigenvalue weighted by Gasteiger charge is -2.00. The van der Waals surface area contributed by atoms with Crippen LogP contribution in [-0.4, -0.2) is 0 Å². The molecule has 0 saturated carbocycles. The Balaban J connectivity index is 3.53. The SMILES string of the molecule is [CH]=CC=CC=CC=CC=CC=CC=CC=CCCCCCCCCCCC. The molecule has 0 aliphatic heterocycles. The summed E-state index contributed by atoms with van der Waals surface area (Å²) in [7, 11) is 0. The summed E-state index contributed by atoms with van der Waals surface area (Å²) in [5.74, 6) is 0. The van der Waals surface area contributed by atoms with Crippen LogP contribution in [0.3, 0.4) is 0 Å². The molecule has 0 unspecified atom stereocenters. The van der Waals surface area contributed by atoms with E-state index in [9.17, 15) is 0 Å². The molecule has 0 N–H and O–H groups in total. The van der Waals surface area contributed by atoms with E-state index in [-0.39, 0.29) is 0 Å². The average Bonchev–Trinajstić information content (AvgIpc) is 2.68. The fourth-order valence-electron chi connectivity index (χ4n) is 2.52. The molecule has 0 aromatic rings. The largest absolute Gasteiger partial charge is 0.0845 e. The van der Waals surface area contributed by atoms with E-state index >= 15 is 0 Å². The van der Waals surface area contributed by atoms with Gasteiger partial charge < -0.3 is 0 Å². The van der Waals surface area contributed by atoms with Gasteiger partial charge in [0.1, 0.15) is 0 Å². The Morgan fingerprint density at radius 3 is 1.26 bits per heavy atom. The van der Waals surface area contributed by atoms with Crippen LogP contribution in [0.25, 0.3) is 0 Å². The first kappa shape index (κ1) is 24.9. The lowest BCUT2D eigenvalue weighted by Crippen LogP contribution is -1.80. The standard InChI is InChI=1S/C27H39/c1-3-5-7-9-11-13-15-17-19-21-23-25-27-26-24-22-20-18-16-14-12-10-8-6-4-2/h1,3,5,7,9,11,13,15,17,19,21,23-27H,4,6,8,10,12,14,16,18,20,22H2,2H3. The van der Waals surface area contributed by atoms with Gasteiger partial charge in [-0.05, 0) is 12.8 Å². The van der Waals surface area contributed by atoms with Crippen molar-refractivity contribution in [2.75, 3.05) is 0 Å². The van der Waals surface area contributed by atoms with Gasteiger partial charge in [0, 0.05) is 0 Å². The third-order valence-corrected chi connectivity index (χ3v) is 4.05. The zero-order valence-electron chi connectivity index (χ0n) is 17.3. The van der Waals surface area contributed by atoms with E-state index in [0.29, 0.717) is 0 Å². The van der Waals surface area contributed by atoms with Crippen LogP contribution in [-0.2, 0) is 0 Å². The van der Waals surface area contributed by atoms with E-state index in [0.717, 1.165) is 0 Å². The van der Waals surface area contributed by atoms with Crippen LogP contribution in [0, 0.1) is 6.58 Å². The van der Waals surface area contributed by atoms with E-state index in [4.69, 9.17) is 6.58 Å². The zero-order chi connectivity index (χ0) is 19.7. The molecule has 0 aromatic heterocycles. The lowest BCUT2D eigenvalue weighted by atomic mass is 10.1. The summed E-state index contributed by atoms with van der Waals surface area (Å²) in [6, 6.07) is 0. The van der Waals surface area contributed by atoms with E-state index in [2.05, 4.69) is 31.2 Å². The molecule has 0 heterocycles. The molecule has 0 fully saturated rings. The average molecular weight is 364 g/mol. The van der Waals surface area contributed by atoms with E-state index in [1.807, 2.05) is 54.7 Å². The summed E-state index contributed by atoms with van der Waals surface area (Å²) in [4.78, 5) is 0. The molecule has 0 nitrogen and oxygen atoms in total. The summed E-state index contributed by atoms with van der Waals surface area (Å²) in [5.41, 5.74) is 0. The monoisotopic (exact) mass is 363 g/mol. The highest BCUT2D eigenvalue weighted by molar-refractivity contribution is 5.20. The Morgan fingerprint density at radius 1 is 0.444 bits per heavy atom. The van der Waals surface area contributed by atoms with Crippen LogP contribution in [0.2, 0.25) is 0 Å². The third kappa shape index (κ3) is 23.9. The van der Waals surface area contributed by atoms with Gasteiger partial charge in [-0.3, -0.25) is 0 Å². The first-order valence-electron chi connectivity index (χ1n) is 10.6.